The number of urea groups is 1. The molecule has 1 aromatic carbocycles. The SMILES string of the molecule is CN1CC(CCCC(F)F)Cn2nc3c(c2C1=O)CN(C(=O)Nc1ccc(F)c(C(F)(F)F)c1F)CC3. The van der Waals surface area contributed by atoms with Crippen molar-refractivity contribution in [2.45, 2.75) is 51.4 Å². The summed E-state index contributed by atoms with van der Waals surface area (Å²) in [5.41, 5.74) is -1.66. The number of alkyl halides is 5. The minimum absolute atomic E-state index is 0.0894. The average molecular weight is 535 g/mol. The van der Waals surface area contributed by atoms with Crippen LogP contribution < -0.4 is 5.32 Å². The van der Waals surface area contributed by atoms with Crippen LogP contribution in [0.4, 0.5) is 41.2 Å². The summed E-state index contributed by atoms with van der Waals surface area (Å²) in [6.45, 7) is 0.651. The van der Waals surface area contributed by atoms with Crippen LogP contribution in [0.15, 0.2) is 12.1 Å². The molecule has 0 aliphatic carbocycles. The fraction of sp³-hybridized carbons (Fsp3) is 0.522. The molecule has 0 spiro atoms. The lowest BCUT2D eigenvalue weighted by Gasteiger charge is -2.27. The van der Waals surface area contributed by atoms with Crippen molar-refractivity contribution in [3.05, 3.63) is 46.3 Å². The third-order valence-electron chi connectivity index (χ3n) is 6.55. The number of carbonyl (C=O) groups excluding carboxylic acids is 2. The second-order valence-electron chi connectivity index (χ2n) is 9.21. The molecular formula is C23H24F7N5O2. The van der Waals surface area contributed by atoms with Gasteiger partial charge in [-0.3, -0.25) is 9.48 Å². The molecule has 1 atom stereocenters. The van der Waals surface area contributed by atoms with Gasteiger partial charge in [0.05, 0.1) is 17.9 Å². The molecule has 7 nitrogen and oxygen atoms in total. The minimum Gasteiger partial charge on any atom is -0.340 e. The highest BCUT2D eigenvalue weighted by Gasteiger charge is 2.39. The van der Waals surface area contributed by atoms with Crippen molar-refractivity contribution in [1.29, 1.82) is 0 Å². The van der Waals surface area contributed by atoms with Crippen LogP contribution in [0, 0.1) is 17.6 Å². The van der Waals surface area contributed by atoms with Gasteiger partial charge in [0.2, 0.25) is 6.43 Å². The second kappa shape index (κ2) is 10.2. The Hall–Kier alpha value is -3.32. The number of fused-ring (bicyclic) bond motifs is 3. The molecule has 3 heterocycles. The van der Waals surface area contributed by atoms with Crippen molar-refractivity contribution in [3.8, 4) is 0 Å². The Bertz CT molecular complexity index is 1200. The molecule has 2 aliphatic rings. The number of amides is 3. The van der Waals surface area contributed by atoms with Crippen molar-refractivity contribution in [1.82, 2.24) is 19.6 Å². The first-order chi connectivity index (χ1) is 17.4. The summed E-state index contributed by atoms with van der Waals surface area (Å²) < 4.78 is 93.7. The molecule has 1 unspecified atom stereocenters. The van der Waals surface area contributed by atoms with Crippen molar-refractivity contribution >= 4 is 17.6 Å². The number of hydrogen-bond acceptors (Lipinski definition) is 3. The first kappa shape index (κ1) is 26.7. The number of aromatic nitrogens is 2. The van der Waals surface area contributed by atoms with Gasteiger partial charge in [0, 0.05) is 45.1 Å². The highest BCUT2D eigenvalue weighted by molar-refractivity contribution is 5.95. The first-order valence-electron chi connectivity index (χ1n) is 11.6. The third kappa shape index (κ3) is 5.52. The number of carbonyl (C=O) groups is 2. The van der Waals surface area contributed by atoms with Gasteiger partial charge in [-0.25, -0.2) is 22.4 Å². The number of nitrogens with one attached hydrogen (secondary N) is 1. The summed E-state index contributed by atoms with van der Waals surface area (Å²) >= 11 is 0. The van der Waals surface area contributed by atoms with E-state index in [2.05, 4.69) is 10.4 Å². The van der Waals surface area contributed by atoms with Crippen molar-refractivity contribution < 1.29 is 40.3 Å². The zero-order chi connectivity index (χ0) is 27.1. The van der Waals surface area contributed by atoms with Crippen molar-refractivity contribution in [2.75, 3.05) is 25.5 Å². The van der Waals surface area contributed by atoms with Crippen LogP contribution in [0.25, 0.3) is 0 Å². The van der Waals surface area contributed by atoms with E-state index in [1.807, 2.05) is 0 Å². The molecule has 0 radical (unpaired) electrons. The van der Waals surface area contributed by atoms with Gasteiger partial charge in [-0.15, -0.1) is 0 Å². The fourth-order valence-electron chi connectivity index (χ4n) is 4.77. The van der Waals surface area contributed by atoms with Gasteiger partial charge in [0.15, 0.2) is 5.82 Å². The smallest absolute Gasteiger partial charge is 0.340 e. The summed E-state index contributed by atoms with van der Waals surface area (Å²) in [6, 6.07) is 0.189. The molecule has 1 aromatic heterocycles. The summed E-state index contributed by atoms with van der Waals surface area (Å²) in [5.74, 6) is -4.19. The van der Waals surface area contributed by atoms with Gasteiger partial charge < -0.3 is 15.1 Å². The van der Waals surface area contributed by atoms with Crippen molar-refractivity contribution in [3.63, 3.8) is 0 Å². The molecule has 0 fully saturated rings. The third-order valence-corrected chi connectivity index (χ3v) is 6.55. The molecule has 14 heteroatoms. The van der Waals surface area contributed by atoms with Crippen molar-refractivity contribution in [2.24, 2.45) is 5.92 Å². The van der Waals surface area contributed by atoms with Crippen LogP contribution in [0.5, 0.6) is 0 Å². The maximum absolute atomic E-state index is 14.4. The lowest BCUT2D eigenvalue weighted by molar-refractivity contribution is -0.142. The molecule has 2 aromatic rings. The van der Waals surface area contributed by atoms with E-state index >= 15 is 0 Å². The Morgan fingerprint density at radius 1 is 1.22 bits per heavy atom. The number of halogens is 7. The van der Waals surface area contributed by atoms with Gasteiger partial charge in [0.25, 0.3) is 5.91 Å². The van der Waals surface area contributed by atoms with E-state index in [9.17, 15) is 40.3 Å². The zero-order valence-electron chi connectivity index (χ0n) is 19.7. The Labute approximate surface area is 207 Å². The van der Waals surface area contributed by atoms with Gasteiger partial charge in [0.1, 0.15) is 17.1 Å². The molecule has 4 rings (SSSR count). The van der Waals surface area contributed by atoms with E-state index in [-0.39, 0.29) is 43.5 Å². The van der Waals surface area contributed by atoms with E-state index in [1.54, 1.807) is 7.05 Å². The van der Waals surface area contributed by atoms with Gasteiger partial charge >= 0.3 is 12.2 Å². The van der Waals surface area contributed by atoms with Crippen LogP contribution >= 0.6 is 0 Å². The number of rotatable bonds is 5. The van der Waals surface area contributed by atoms with Crippen LogP contribution in [0.3, 0.4) is 0 Å². The highest BCUT2D eigenvalue weighted by atomic mass is 19.4. The molecule has 3 amide bonds. The maximum atomic E-state index is 14.4. The number of benzene rings is 1. The number of anilines is 1. The van der Waals surface area contributed by atoms with Crippen LogP contribution in [0.1, 0.15) is 46.6 Å². The molecule has 0 bridgehead atoms. The predicted octanol–water partition coefficient (Wildman–Crippen LogP) is 4.91. The molecule has 1 N–H and O–H groups in total. The number of hydrogen-bond donors (Lipinski definition) is 1. The highest BCUT2D eigenvalue weighted by Crippen LogP contribution is 2.36. The number of nitrogens with zero attached hydrogens (tertiary/aromatic N) is 4. The van der Waals surface area contributed by atoms with Crippen LogP contribution in [-0.4, -0.2) is 58.1 Å². The second-order valence-corrected chi connectivity index (χ2v) is 9.21. The van der Waals surface area contributed by atoms with E-state index in [0.717, 1.165) is 0 Å². The Morgan fingerprint density at radius 3 is 2.62 bits per heavy atom. The molecule has 0 saturated carbocycles. The van der Waals surface area contributed by atoms with E-state index < -0.39 is 41.5 Å². The predicted molar refractivity (Wildman–Crippen MR) is 117 cm³/mol. The van der Waals surface area contributed by atoms with Gasteiger partial charge in [-0.2, -0.15) is 18.3 Å². The lowest BCUT2D eigenvalue weighted by Crippen LogP contribution is -2.40. The first-order valence-corrected chi connectivity index (χ1v) is 11.6. The summed E-state index contributed by atoms with van der Waals surface area (Å²) in [6.07, 6.45) is -6.93. The van der Waals surface area contributed by atoms with Crippen LogP contribution in [0.2, 0.25) is 0 Å². The summed E-state index contributed by atoms with van der Waals surface area (Å²) in [4.78, 5) is 28.6. The summed E-state index contributed by atoms with van der Waals surface area (Å²) in [5, 5.41) is 6.56. The average Bonchev–Trinajstić information content (AvgIpc) is 3.10. The molecule has 2 aliphatic heterocycles. The Morgan fingerprint density at radius 2 is 1.95 bits per heavy atom. The van der Waals surface area contributed by atoms with Crippen LogP contribution in [-0.2, 0) is 25.7 Å². The normalized spacial score (nSPS) is 18.1. The fourth-order valence-corrected chi connectivity index (χ4v) is 4.77. The Kier molecular flexibility index (Phi) is 7.38. The summed E-state index contributed by atoms with van der Waals surface area (Å²) in [7, 11) is 1.58. The lowest BCUT2D eigenvalue weighted by atomic mass is 10.0. The minimum atomic E-state index is -5.30. The van der Waals surface area contributed by atoms with Gasteiger partial charge in [-0.05, 0) is 30.9 Å². The molecular weight excluding hydrogens is 511 g/mol. The molecule has 0 saturated heterocycles. The topological polar surface area (TPSA) is 70.5 Å². The Balaban J connectivity index is 1.53. The quantitative estimate of drug-likeness (QED) is 0.554. The maximum Gasteiger partial charge on any atom is 0.422 e. The van der Waals surface area contributed by atoms with E-state index in [0.29, 0.717) is 49.3 Å². The van der Waals surface area contributed by atoms with E-state index in [4.69, 9.17) is 0 Å². The van der Waals surface area contributed by atoms with E-state index in [1.165, 1.54) is 14.5 Å². The zero-order valence-corrected chi connectivity index (χ0v) is 19.7. The standard InChI is InChI=1S/C23H24F7N5O2/c1-33-9-12(3-2-4-17(25)26)10-35-20(21(33)36)13-11-34(8-7-15(13)32-35)22(37)31-16-6-5-14(24)18(19(16)27)23(28,29)30/h5-6,12,17H,2-4,7-11H2,1H3,(H,31,37). The largest absolute Gasteiger partial charge is 0.422 e. The molecule has 37 heavy (non-hydrogen) atoms. The molecule has 202 valence electrons. The monoisotopic (exact) mass is 535 g/mol. The van der Waals surface area contributed by atoms with Gasteiger partial charge in [-0.1, -0.05) is 0 Å².